The Kier molecular flexibility index (Phi) is 4.67. The first kappa shape index (κ1) is 14.0. The summed E-state index contributed by atoms with van der Waals surface area (Å²) in [5, 5.41) is 20.4. The summed E-state index contributed by atoms with van der Waals surface area (Å²) < 4.78 is 13.5. The SMILES string of the molecule is CC(C)C(CNc1ccc(C#N)cc1F)C(=O)O. The van der Waals surface area contributed by atoms with Crippen LogP contribution in [0.15, 0.2) is 18.2 Å². The first-order valence-corrected chi connectivity index (χ1v) is 5.62. The summed E-state index contributed by atoms with van der Waals surface area (Å²) in [5.74, 6) is -2.09. The molecule has 0 fully saturated rings. The average Bonchev–Trinajstić information content (AvgIpc) is 2.30. The summed E-state index contributed by atoms with van der Waals surface area (Å²) in [6.07, 6.45) is 0. The van der Waals surface area contributed by atoms with Crippen molar-refractivity contribution in [2.75, 3.05) is 11.9 Å². The van der Waals surface area contributed by atoms with Crippen LogP contribution in [0.1, 0.15) is 19.4 Å². The molecule has 0 amide bonds. The Labute approximate surface area is 105 Å². The van der Waals surface area contributed by atoms with Gasteiger partial charge in [0.2, 0.25) is 0 Å². The molecular formula is C13H15FN2O2. The maximum Gasteiger partial charge on any atom is 0.308 e. The number of nitriles is 1. The highest BCUT2D eigenvalue weighted by molar-refractivity contribution is 5.71. The van der Waals surface area contributed by atoms with Crippen molar-refractivity contribution in [1.82, 2.24) is 0 Å². The quantitative estimate of drug-likeness (QED) is 0.842. The lowest BCUT2D eigenvalue weighted by molar-refractivity contribution is -0.142. The molecular weight excluding hydrogens is 235 g/mol. The molecule has 0 saturated carbocycles. The van der Waals surface area contributed by atoms with Crippen molar-refractivity contribution in [1.29, 1.82) is 5.26 Å². The molecule has 1 atom stereocenters. The van der Waals surface area contributed by atoms with Crippen LogP contribution in [0.5, 0.6) is 0 Å². The first-order valence-electron chi connectivity index (χ1n) is 5.62. The minimum atomic E-state index is -0.911. The Bertz CT molecular complexity index is 480. The number of anilines is 1. The molecule has 5 heteroatoms. The van der Waals surface area contributed by atoms with Crippen LogP contribution in [0.4, 0.5) is 10.1 Å². The first-order chi connectivity index (χ1) is 8.45. The van der Waals surface area contributed by atoms with Gasteiger partial charge >= 0.3 is 5.97 Å². The number of aliphatic carboxylic acids is 1. The van der Waals surface area contributed by atoms with Crippen LogP contribution in [-0.2, 0) is 4.79 Å². The van der Waals surface area contributed by atoms with Gasteiger partial charge in [-0.15, -0.1) is 0 Å². The van der Waals surface area contributed by atoms with Crippen molar-refractivity contribution in [2.45, 2.75) is 13.8 Å². The number of nitrogens with one attached hydrogen (secondary N) is 1. The predicted molar refractivity (Wildman–Crippen MR) is 65.6 cm³/mol. The van der Waals surface area contributed by atoms with E-state index in [4.69, 9.17) is 10.4 Å². The van der Waals surface area contributed by atoms with Crippen molar-refractivity contribution in [2.24, 2.45) is 11.8 Å². The Morgan fingerprint density at radius 3 is 2.67 bits per heavy atom. The molecule has 96 valence electrons. The largest absolute Gasteiger partial charge is 0.481 e. The van der Waals surface area contributed by atoms with E-state index in [1.807, 2.05) is 6.07 Å². The highest BCUT2D eigenvalue weighted by Gasteiger charge is 2.21. The molecule has 0 heterocycles. The third-order valence-corrected chi connectivity index (χ3v) is 2.73. The van der Waals surface area contributed by atoms with E-state index in [1.54, 1.807) is 13.8 Å². The monoisotopic (exact) mass is 250 g/mol. The van der Waals surface area contributed by atoms with E-state index in [0.717, 1.165) is 6.07 Å². The predicted octanol–water partition coefficient (Wildman–Crippen LogP) is 2.47. The highest BCUT2D eigenvalue weighted by atomic mass is 19.1. The molecule has 1 rings (SSSR count). The normalized spacial score (nSPS) is 11.9. The second-order valence-corrected chi connectivity index (χ2v) is 4.38. The number of halogens is 1. The topological polar surface area (TPSA) is 73.1 Å². The summed E-state index contributed by atoms with van der Waals surface area (Å²) in [6.45, 7) is 3.75. The zero-order chi connectivity index (χ0) is 13.7. The van der Waals surface area contributed by atoms with Gasteiger partial charge in [-0.2, -0.15) is 5.26 Å². The fourth-order valence-electron chi connectivity index (χ4n) is 1.56. The van der Waals surface area contributed by atoms with Crippen molar-refractivity contribution in [3.63, 3.8) is 0 Å². The zero-order valence-corrected chi connectivity index (χ0v) is 10.3. The Hall–Kier alpha value is -2.09. The number of carboxylic acids is 1. The fourth-order valence-corrected chi connectivity index (χ4v) is 1.56. The van der Waals surface area contributed by atoms with Gasteiger partial charge in [-0.1, -0.05) is 13.8 Å². The maximum atomic E-state index is 13.5. The third kappa shape index (κ3) is 3.45. The molecule has 0 bridgehead atoms. The number of hydrogen-bond acceptors (Lipinski definition) is 3. The molecule has 0 aliphatic heterocycles. The van der Waals surface area contributed by atoms with Crippen LogP contribution in [0.3, 0.4) is 0 Å². The zero-order valence-electron chi connectivity index (χ0n) is 10.3. The van der Waals surface area contributed by atoms with Gasteiger partial charge in [0.25, 0.3) is 0 Å². The van der Waals surface area contributed by atoms with Gasteiger partial charge in [0.05, 0.1) is 23.2 Å². The minimum absolute atomic E-state index is 0.0450. The summed E-state index contributed by atoms with van der Waals surface area (Å²) in [7, 11) is 0. The van der Waals surface area contributed by atoms with E-state index >= 15 is 0 Å². The number of hydrogen-bond donors (Lipinski definition) is 2. The van der Waals surface area contributed by atoms with Crippen molar-refractivity contribution in [3.05, 3.63) is 29.6 Å². The fraction of sp³-hybridized carbons (Fsp3) is 0.385. The standard InChI is InChI=1S/C13H15FN2O2/c1-8(2)10(13(17)18)7-16-12-4-3-9(6-15)5-11(12)14/h3-5,8,10,16H,7H2,1-2H3,(H,17,18). The van der Waals surface area contributed by atoms with E-state index < -0.39 is 17.7 Å². The Balaban J connectivity index is 2.74. The lowest BCUT2D eigenvalue weighted by atomic mass is 9.96. The molecule has 1 aromatic carbocycles. The summed E-state index contributed by atoms with van der Waals surface area (Å²) in [4.78, 5) is 11.0. The van der Waals surface area contributed by atoms with Crippen molar-refractivity contribution < 1.29 is 14.3 Å². The molecule has 1 aromatic rings. The van der Waals surface area contributed by atoms with Crippen LogP contribution in [0.25, 0.3) is 0 Å². The average molecular weight is 250 g/mol. The molecule has 0 spiro atoms. The summed E-state index contributed by atoms with van der Waals surface area (Å²) >= 11 is 0. The van der Waals surface area contributed by atoms with Gasteiger partial charge in [0.15, 0.2) is 0 Å². The molecule has 0 saturated heterocycles. The smallest absolute Gasteiger partial charge is 0.308 e. The summed E-state index contributed by atoms with van der Waals surface area (Å²) in [5.41, 5.74) is 0.442. The highest BCUT2D eigenvalue weighted by Crippen LogP contribution is 2.18. The summed E-state index contributed by atoms with van der Waals surface area (Å²) in [6, 6.07) is 5.87. The van der Waals surface area contributed by atoms with E-state index in [2.05, 4.69) is 5.32 Å². The second kappa shape index (κ2) is 6.01. The Morgan fingerprint density at radius 1 is 1.56 bits per heavy atom. The molecule has 18 heavy (non-hydrogen) atoms. The molecule has 1 unspecified atom stereocenters. The van der Waals surface area contributed by atoms with Gasteiger partial charge in [0, 0.05) is 6.54 Å². The van der Waals surface area contributed by atoms with Gasteiger partial charge in [-0.05, 0) is 24.1 Å². The molecule has 4 nitrogen and oxygen atoms in total. The van der Waals surface area contributed by atoms with E-state index in [1.165, 1.54) is 12.1 Å². The van der Waals surface area contributed by atoms with Crippen LogP contribution < -0.4 is 5.32 Å². The van der Waals surface area contributed by atoms with E-state index in [0.29, 0.717) is 0 Å². The van der Waals surface area contributed by atoms with Crippen LogP contribution in [-0.4, -0.2) is 17.6 Å². The van der Waals surface area contributed by atoms with Crippen LogP contribution >= 0.6 is 0 Å². The van der Waals surface area contributed by atoms with Gasteiger partial charge in [-0.25, -0.2) is 4.39 Å². The number of benzene rings is 1. The lowest BCUT2D eigenvalue weighted by Crippen LogP contribution is -2.27. The van der Waals surface area contributed by atoms with E-state index in [-0.39, 0.29) is 23.7 Å². The molecule has 0 aliphatic carbocycles. The van der Waals surface area contributed by atoms with Gasteiger partial charge < -0.3 is 10.4 Å². The number of carbonyl (C=O) groups is 1. The van der Waals surface area contributed by atoms with Crippen molar-refractivity contribution >= 4 is 11.7 Å². The maximum absolute atomic E-state index is 13.5. The number of nitrogens with zero attached hydrogens (tertiary/aromatic N) is 1. The lowest BCUT2D eigenvalue weighted by Gasteiger charge is -2.17. The van der Waals surface area contributed by atoms with Crippen molar-refractivity contribution in [3.8, 4) is 6.07 Å². The van der Waals surface area contributed by atoms with Gasteiger partial charge in [0.1, 0.15) is 5.82 Å². The van der Waals surface area contributed by atoms with E-state index in [9.17, 15) is 9.18 Å². The number of carboxylic acid groups (broad SMARTS) is 1. The second-order valence-electron chi connectivity index (χ2n) is 4.38. The molecule has 2 N–H and O–H groups in total. The molecule has 0 radical (unpaired) electrons. The Morgan fingerprint density at radius 2 is 2.22 bits per heavy atom. The molecule has 0 aliphatic rings. The molecule has 0 aromatic heterocycles. The minimum Gasteiger partial charge on any atom is -0.481 e. The number of rotatable bonds is 5. The van der Waals surface area contributed by atoms with Gasteiger partial charge in [-0.3, -0.25) is 4.79 Å². The third-order valence-electron chi connectivity index (χ3n) is 2.73. The van der Waals surface area contributed by atoms with Crippen LogP contribution in [0, 0.1) is 29.0 Å². The van der Waals surface area contributed by atoms with Crippen LogP contribution in [0.2, 0.25) is 0 Å².